The van der Waals surface area contributed by atoms with Crippen LogP contribution in [0.5, 0.6) is 17.2 Å². The molecule has 0 bridgehead atoms. The predicted octanol–water partition coefficient (Wildman–Crippen LogP) is 9.32. The zero-order valence-corrected chi connectivity index (χ0v) is 40.7. The average Bonchev–Trinajstić information content (AvgIpc) is 3.88. The van der Waals surface area contributed by atoms with Crippen LogP contribution in [0.4, 0.5) is 5.95 Å². The number of fused-ring (bicyclic) bond motifs is 1. The Hall–Kier alpha value is -5.38. The molecule has 7 rings (SSSR count). The summed E-state index contributed by atoms with van der Waals surface area (Å²) in [6.07, 6.45) is -1.53. The highest BCUT2D eigenvalue weighted by Gasteiger charge is 2.45. The molecule has 2 aromatic heterocycles. The van der Waals surface area contributed by atoms with Gasteiger partial charge in [0.2, 0.25) is 5.95 Å². The molecule has 1 aliphatic heterocycles. The summed E-state index contributed by atoms with van der Waals surface area (Å²) in [5, 5.41) is 12.5. The summed E-state index contributed by atoms with van der Waals surface area (Å²) in [5.74, 6) is 1.37. The number of amides is 1. The number of methoxy groups -OCH3 is 2. The minimum absolute atomic E-state index is 0.0331. The predicted molar refractivity (Wildman–Crippen MR) is 261 cm³/mol. The van der Waals surface area contributed by atoms with Crippen molar-refractivity contribution in [3.05, 3.63) is 146 Å². The highest BCUT2D eigenvalue weighted by molar-refractivity contribution is 14.1. The Bertz CT molecular complexity index is 2570. The van der Waals surface area contributed by atoms with Crippen LogP contribution in [0.2, 0.25) is 0 Å². The van der Waals surface area contributed by atoms with E-state index in [1.807, 2.05) is 102 Å². The van der Waals surface area contributed by atoms with Crippen LogP contribution in [-0.4, -0.2) is 83.4 Å². The molecule has 0 saturated carbocycles. The number of hydrogen-bond donors (Lipinski definition) is 2. The van der Waals surface area contributed by atoms with E-state index in [2.05, 4.69) is 71.3 Å². The van der Waals surface area contributed by atoms with Crippen molar-refractivity contribution in [1.29, 1.82) is 5.26 Å². The SMILES string of the molecule is COc1ccc(C(OC[C@H]2O[C@@H](n3c(I)cc4c(=O)[nH]c(NC(=O)COc5ccccc5)nc43)C[C@@H]2OP(OCCC#N)N(C(C)C)C(C)C)(c2ccccc2)c2ccc(OC)cc2)cc1. The van der Waals surface area contributed by atoms with E-state index in [0.717, 1.165) is 16.7 Å². The van der Waals surface area contributed by atoms with E-state index >= 15 is 0 Å². The van der Waals surface area contributed by atoms with Gasteiger partial charge in [-0.2, -0.15) is 10.2 Å². The zero-order valence-electron chi connectivity index (χ0n) is 37.7. The quantitative estimate of drug-likeness (QED) is 0.0304. The van der Waals surface area contributed by atoms with Gasteiger partial charge in [0.25, 0.3) is 20.0 Å². The zero-order chi connectivity index (χ0) is 46.8. The molecule has 17 heteroatoms. The van der Waals surface area contributed by atoms with E-state index in [1.54, 1.807) is 32.4 Å². The van der Waals surface area contributed by atoms with Gasteiger partial charge >= 0.3 is 0 Å². The Kier molecular flexibility index (Phi) is 16.5. The van der Waals surface area contributed by atoms with Gasteiger partial charge in [0.15, 0.2) is 12.3 Å². The minimum Gasteiger partial charge on any atom is -0.497 e. The Morgan fingerprint density at radius 2 is 1.52 bits per heavy atom. The summed E-state index contributed by atoms with van der Waals surface area (Å²) < 4.78 is 49.4. The van der Waals surface area contributed by atoms with Crippen LogP contribution in [0.25, 0.3) is 11.0 Å². The number of ether oxygens (including phenoxy) is 5. The monoisotopic (exact) mass is 1030 g/mol. The second kappa shape index (κ2) is 22.4. The van der Waals surface area contributed by atoms with Gasteiger partial charge in [0.1, 0.15) is 35.2 Å². The number of H-pyrrole nitrogens is 1. The smallest absolute Gasteiger partial charge is 0.264 e. The van der Waals surface area contributed by atoms with Gasteiger partial charge in [-0.25, -0.2) is 4.67 Å². The highest BCUT2D eigenvalue weighted by Crippen LogP contribution is 2.51. The van der Waals surface area contributed by atoms with Gasteiger partial charge < -0.3 is 32.7 Å². The molecule has 66 heavy (non-hydrogen) atoms. The van der Waals surface area contributed by atoms with E-state index < -0.39 is 44.0 Å². The van der Waals surface area contributed by atoms with Crippen molar-refractivity contribution in [1.82, 2.24) is 19.2 Å². The summed E-state index contributed by atoms with van der Waals surface area (Å²) >= 11 is 2.17. The number of para-hydroxylation sites is 1. The van der Waals surface area contributed by atoms with Crippen molar-refractivity contribution in [2.45, 2.75) is 76.7 Å². The number of aromatic amines is 1. The fourth-order valence-electron chi connectivity index (χ4n) is 8.05. The topological polar surface area (TPSA) is 171 Å². The lowest BCUT2D eigenvalue weighted by molar-refractivity contribution is -0.118. The number of hydrogen-bond acceptors (Lipinski definition) is 12. The maximum atomic E-state index is 13.6. The van der Waals surface area contributed by atoms with Gasteiger partial charge in [-0.15, -0.1) is 0 Å². The largest absolute Gasteiger partial charge is 0.497 e. The van der Waals surface area contributed by atoms with E-state index in [9.17, 15) is 14.9 Å². The number of benzene rings is 4. The molecule has 1 unspecified atom stereocenters. The van der Waals surface area contributed by atoms with Crippen LogP contribution < -0.4 is 25.1 Å². The summed E-state index contributed by atoms with van der Waals surface area (Å²) in [4.78, 5) is 34.1. The number of carbonyl (C=O) groups is 1. The third-order valence-corrected chi connectivity index (χ3v) is 14.0. The van der Waals surface area contributed by atoms with Crippen LogP contribution >= 0.6 is 31.1 Å². The molecule has 1 fully saturated rings. The number of nitrogens with zero attached hydrogens (tertiary/aromatic N) is 4. The average molecular weight is 1030 g/mol. The Labute approximate surface area is 399 Å². The van der Waals surface area contributed by atoms with E-state index in [4.69, 9.17) is 37.7 Å². The summed E-state index contributed by atoms with van der Waals surface area (Å²) in [7, 11) is 1.55. The lowest BCUT2D eigenvalue weighted by Crippen LogP contribution is -2.39. The lowest BCUT2D eigenvalue weighted by Gasteiger charge is -2.39. The molecule has 346 valence electrons. The molecule has 4 aromatic carbocycles. The molecule has 1 saturated heterocycles. The van der Waals surface area contributed by atoms with Gasteiger partial charge in [-0.3, -0.25) is 24.5 Å². The van der Waals surface area contributed by atoms with E-state index in [-0.39, 0.29) is 44.3 Å². The molecule has 3 heterocycles. The van der Waals surface area contributed by atoms with Crippen molar-refractivity contribution in [3.63, 3.8) is 0 Å². The van der Waals surface area contributed by atoms with Crippen molar-refractivity contribution >= 4 is 54.0 Å². The third kappa shape index (κ3) is 11.1. The van der Waals surface area contributed by atoms with Crippen molar-refractivity contribution in [2.75, 3.05) is 39.4 Å². The number of rotatable bonds is 21. The molecule has 4 atom stereocenters. The van der Waals surface area contributed by atoms with Crippen LogP contribution in [0.1, 0.15) is 63.5 Å². The number of nitrogens with one attached hydrogen (secondary N) is 2. The summed E-state index contributed by atoms with van der Waals surface area (Å²) in [6.45, 7) is 8.25. The third-order valence-electron chi connectivity index (χ3n) is 11.0. The highest BCUT2D eigenvalue weighted by atomic mass is 127. The molecule has 1 aliphatic rings. The molecule has 15 nitrogen and oxygen atoms in total. The lowest BCUT2D eigenvalue weighted by atomic mass is 9.80. The molecule has 2 N–H and O–H groups in total. The maximum Gasteiger partial charge on any atom is 0.264 e. The fourth-order valence-corrected chi connectivity index (χ4v) is 10.7. The molecule has 0 aliphatic carbocycles. The minimum atomic E-state index is -1.72. The Balaban J connectivity index is 1.29. The molecule has 1 amide bonds. The second-order valence-electron chi connectivity index (χ2n) is 16.0. The second-order valence-corrected chi connectivity index (χ2v) is 18.5. The first-order chi connectivity index (χ1) is 31.9. The fraction of sp³-hybridized carbons (Fsp3) is 0.347. The first kappa shape index (κ1) is 48.6. The molecular formula is C49H54IN6O9P. The van der Waals surface area contributed by atoms with Gasteiger partial charge in [0, 0.05) is 18.5 Å². The Morgan fingerprint density at radius 3 is 2.09 bits per heavy atom. The molecule has 0 radical (unpaired) electrons. The Morgan fingerprint density at radius 1 is 0.924 bits per heavy atom. The van der Waals surface area contributed by atoms with Gasteiger partial charge in [-0.1, -0.05) is 72.8 Å². The van der Waals surface area contributed by atoms with Crippen LogP contribution in [0, 0.1) is 15.0 Å². The van der Waals surface area contributed by atoms with Crippen LogP contribution in [-0.2, 0) is 28.9 Å². The van der Waals surface area contributed by atoms with E-state index in [1.165, 1.54) is 0 Å². The normalized spacial score (nSPS) is 16.7. The number of halogens is 1. The van der Waals surface area contributed by atoms with Crippen molar-refractivity contribution in [2.24, 2.45) is 0 Å². The van der Waals surface area contributed by atoms with Crippen LogP contribution in [0.3, 0.4) is 0 Å². The van der Waals surface area contributed by atoms with Crippen molar-refractivity contribution in [3.8, 4) is 23.3 Å². The van der Waals surface area contributed by atoms with Gasteiger partial charge in [0.05, 0.1) is 55.1 Å². The number of anilines is 1. The molecule has 6 aromatic rings. The standard InChI is InChI=1S/C49H54IN6O9P/c1-32(2)56(33(3)4)66(63-27-13-26-51)65-41-29-45(55-43(50)28-40-46(55)53-48(54-47(40)58)52-44(57)31-61-39-16-11-8-12-17-39)64-42(41)30-62-49(34-14-9-7-10-15-34,35-18-22-37(59-5)23-19-35)36-20-24-38(60-6)25-21-36/h7-12,14-25,28,32-33,41-42,45H,13,27,29-31H2,1-6H3,(H2,52,53,54,57,58)/t41-,42+,45+,66?/m0/s1. The number of carbonyl (C=O) groups excluding carboxylic acids is 1. The van der Waals surface area contributed by atoms with E-state index in [0.29, 0.717) is 38.4 Å². The first-order valence-corrected chi connectivity index (χ1v) is 23.8. The number of aromatic nitrogens is 3. The van der Waals surface area contributed by atoms with Crippen molar-refractivity contribution < 1.29 is 37.5 Å². The van der Waals surface area contributed by atoms with Gasteiger partial charge in [-0.05, 0) is 109 Å². The summed E-state index contributed by atoms with van der Waals surface area (Å²) in [6, 6.07) is 38.6. The summed E-state index contributed by atoms with van der Waals surface area (Å²) in [5.41, 5.74) is 1.27. The first-order valence-electron chi connectivity index (χ1n) is 21.6. The number of nitriles is 1. The maximum absolute atomic E-state index is 13.6. The van der Waals surface area contributed by atoms with Crippen LogP contribution in [0.15, 0.2) is 120 Å². The molecule has 0 spiro atoms. The molecular weight excluding hydrogens is 974 g/mol.